The topological polar surface area (TPSA) is 95.9 Å². The largest absolute Gasteiger partial charge is 0.491 e. The number of nitrogens with one attached hydrogen (secondary N) is 1. The third kappa shape index (κ3) is 3.45. The summed E-state index contributed by atoms with van der Waals surface area (Å²) in [7, 11) is 0. The number of benzene rings is 2. The van der Waals surface area contributed by atoms with E-state index in [1.54, 1.807) is 31.2 Å². The molecule has 0 saturated carbocycles. The molecule has 0 radical (unpaired) electrons. The molecule has 3 amide bonds. The van der Waals surface area contributed by atoms with Gasteiger partial charge in [0.25, 0.3) is 5.91 Å². The molecule has 2 atom stereocenters. The first-order chi connectivity index (χ1) is 14.4. The SMILES string of the molecule is CCC(=O)c1ccc(OC[C@H](O)CN2C(=O)N[C@@]3(CCc4ccccc43)C2=O)cc1. The average molecular weight is 408 g/mol. The van der Waals surface area contributed by atoms with Crippen LogP contribution >= 0.6 is 0 Å². The molecule has 1 spiro atoms. The molecule has 2 N–H and O–H groups in total. The Morgan fingerprint density at radius 1 is 1.20 bits per heavy atom. The lowest BCUT2D eigenvalue weighted by molar-refractivity contribution is -0.132. The molecule has 0 bridgehead atoms. The molecule has 0 unspecified atom stereocenters. The molecule has 2 aromatic rings. The number of hydrogen-bond acceptors (Lipinski definition) is 5. The molecule has 30 heavy (non-hydrogen) atoms. The summed E-state index contributed by atoms with van der Waals surface area (Å²) in [4.78, 5) is 38.3. The molecule has 1 saturated heterocycles. The van der Waals surface area contributed by atoms with Crippen molar-refractivity contribution in [2.75, 3.05) is 13.2 Å². The van der Waals surface area contributed by atoms with Gasteiger partial charge in [-0.15, -0.1) is 0 Å². The Labute approximate surface area is 174 Å². The van der Waals surface area contributed by atoms with Crippen molar-refractivity contribution < 1.29 is 24.2 Å². The number of urea groups is 1. The van der Waals surface area contributed by atoms with Gasteiger partial charge in [-0.2, -0.15) is 0 Å². The van der Waals surface area contributed by atoms with Crippen LogP contribution in [0.25, 0.3) is 0 Å². The van der Waals surface area contributed by atoms with Crippen LogP contribution in [0, 0.1) is 0 Å². The molecular weight excluding hydrogens is 384 g/mol. The van der Waals surface area contributed by atoms with E-state index in [4.69, 9.17) is 4.74 Å². The highest BCUT2D eigenvalue weighted by Crippen LogP contribution is 2.41. The number of hydrogen-bond donors (Lipinski definition) is 2. The van der Waals surface area contributed by atoms with Crippen molar-refractivity contribution in [2.24, 2.45) is 0 Å². The highest BCUT2D eigenvalue weighted by atomic mass is 16.5. The zero-order chi connectivity index (χ0) is 21.3. The number of β-amino-alcohol motifs (C(OH)–C–C–N with tert-alkyl or cyclic N) is 1. The van der Waals surface area contributed by atoms with Gasteiger partial charge in [0, 0.05) is 12.0 Å². The Kier molecular flexibility index (Phi) is 5.30. The maximum Gasteiger partial charge on any atom is 0.325 e. The van der Waals surface area contributed by atoms with Crippen LogP contribution in [0.15, 0.2) is 48.5 Å². The number of ketones is 1. The highest BCUT2D eigenvalue weighted by Gasteiger charge is 2.55. The molecule has 1 aliphatic heterocycles. The molecule has 7 heteroatoms. The monoisotopic (exact) mass is 408 g/mol. The third-order valence-electron chi connectivity index (χ3n) is 5.76. The van der Waals surface area contributed by atoms with E-state index in [0.29, 0.717) is 24.2 Å². The van der Waals surface area contributed by atoms with Crippen molar-refractivity contribution in [3.8, 4) is 5.75 Å². The van der Waals surface area contributed by atoms with Crippen LogP contribution in [-0.2, 0) is 16.8 Å². The van der Waals surface area contributed by atoms with Gasteiger partial charge in [0.2, 0.25) is 0 Å². The van der Waals surface area contributed by atoms with Crippen molar-refractivity contribution in [3.05, 3.63) is 65.2 Å². The van der Waals surface area contributed by atoms with E-state index >= 15 is 0 Å². The van der Waals surface area contributed by atoms with Gasteiger partial charge >= 0.3 is 6.03 Å². The van der Waals surface area contributed by atoms with E-state index < -0.39 is 17.7 Å². The van der Waals surface area contributed by atoms with Crippen molar-refractivity contribution >= 4 is 17.7 Å². The predicted octanol–water partition coefficient (Wildman–Crippen LogP) is 2.41. The summed E-state index contributed by atoms with van der Waals surface area (Å²) < 4.78 is 5.56. The van der Waals surface area contributed by atoms with Crippen LogP contribution in [0.3, 0.4) is 0 Å². The minimum atomic E-state index is -1.04. The lowest BCUT2D eigenvalue weighted by atomic mass is 9.92. The van der Waals surface area contributed by atoms with Crippen molar-refractivity contribution in [1.29, 1.82) is 0 Å². The number of nitrogens with zero attached hydrogens (tertiary/aromatic N) is 1. The quantitative estimate of drug-likeness (QED) is 0.542. The van der Waals surface area contributed by atoms with Gasteiger partial charge in [-0.05, 0) is 48.2 Å². The standard InChI is InChI=1S/C23H24N2O5/c1-2-20(27)16-7-9-18(10-8-16)30-14-17(26)13-25-21(28)23(24-22(25)29)12-11-15-5-3-4-6-19(15)23/h3-10,17,26H,2,11-14H2,1H3,(H,24,29)/t17-,23-/m1/s1. The number of Topliss-reactive ketones (excluding diaryl/α,β-unsaturated/α-hetero) is 1. The summed E-state index contributed by atoms with van der Waals surface area (Å²) in [5.74, 6) is 0.210. The zero-order valence-electron chi connectivity index (χ0n) is 16.8. The Bertz CT molecular complexity index is 987. The number of rotatable bonds is 7. The number of aliphatic hydroxyl groups excluding tert-OH is 1. The lowest BCUT2D eigenvalue weighted by Crippen LogP contribution is -2.43. The van der Waals surface area contributed by atoms with Gasteiger partial charge in [0.05, 0.1) is 6.54 Å². The molecule has 156 valence electrons. The summed E-state index contributed by atoms with van der Waals surface area (Å²) in [5.41, 5.74) is 1.46. The highest BCUT2D eigenvalue weighted by molar-refractivity contribution is 6.08. The molecule has 2 aromatic carbocycles. The smallest absolute Gasteiger partial charge is 0.325 e. The molecule has 7 nitrogen and oxygen atoms in total. The van der Waals surface area contributed by atoms with Gasteiger partial charge in [0.15, 0.2) is 5.78 Å². The van der Waals surface area contributed by atoms with Crippen molar-refractivity contribution in [2.45, 2.75) is 37.8 Å². The number of amides is 3. The second kappa shape index (κ2) is 7.91. The fourth-order valence-corrected chi connectivity index (χ4v) is 4.15. The zero-order valence-corrected chi connectivity index (χ0v) is 16.8. The number of ether oxygens (including phenoxy) is 1. The fraction of sp³-hybridized carbons (Fsp3) is 0.348. The molecular formula is C23H24N2O5. The maximum atomic E-state index is 13.1. The number of aliphatic hydroxyl groups is 1. The molecule has 4 rings (SSSR count). The van der Waals surface area contributed by atoms with Gasteiger partial charge < -0.3 is 15.2 Å². The predicted molar refractivity (Wildman–Crippen MR) is 109 cm³/mol. The van der Waals surface area contributed by atoms with Crippen LogP contribution in [0.2, 0.25) is 0 Å². The summed E-state index contributed by atoms with van der Waals surface area (Å²) in [5, 5.41) is 13.2. The second-order valence-corrected chi connectivity index (χ2v) is 7.67. The maximum absolute atomic E-state index is 13.1. The van der Waals surface area contributed by atoms with Crippen LogP contribution in [0.5, 0.6) is 5.75 Å². The van der Waals surface area contributed by atoms with Gasteiger partial charge in [-0.3, -0.25) is 14.5 Å². The second-order valence-electron chi connectivity index (χ2n) is 7.67. The van der Waals surface area contributed by atoms with Gasteiger partial charge in [-0.1, -0.05) is 31.2 Å². The van der Waals surface area contributed by atoms with Crippen molar-refractivity contribution in [3.63, 3.8) is 0 Å². The first kappa shape index (κ1) is 20.1. The number of carbonyl (C=O) groups is 3. The molecule has 1 fully saturated rings. The Morgan fingerprint density at radius 2 is 1.93 bits per heavy atom. The summed E-state index contributed by atoms with van der Waals surface area (Å²) in [6.45, 7) is 1.57. The number of aryl methyl sites for hydroxylation is 1. The molecule has 0 aromatic heterocycles. The molecule has 1 aliphatic carbocycles. The van der Waals surface area contributed by atoms with E-state index in [9.17, 15) is 19.5 Å². The van der Waals surface area contributed by atoms with E-state index in [1.807, 2.05) is 24.3 Å². The van der Waals surface area contributed by atoms with Gasteiger partial charge in [-0.25, -0.2) is 4.79 Å². The van der Waals surface area contributed by atoms with Gasteiger partial charge in [0.1, 0.15) is 24.0 Å². The third-order valence-corrected chi connectivity index (χ3v) is 5.76. The normalized spacial score (nSPS) is 20.9. The van der Waals surface area contributed by atoms with Crippen LogP contribution in [0.1, 0.15) is 41.3 Å². The number of carbonyl (C=O) groups excluding carboxylic acids is 3. The first-order valence-corrected chi connectivity index (χ1v) is 10.1. The number of imide groups is 1. The summed E-state index contributed by atoms with van der Waals surface area (Å²) >= 11 is 0. The van der Waals surface area contributed by atoms with Crippen LogP contribution in [-0.4, -0.2) is 47.0 Å². The van der Waals surface area contributed by atoms with Crippen LogP contribution in [0.4, 0.5) is 4.79 Å². The Morgan fingerprint density at radius 3 is 2.67 bits per heavy atom. The lowest BCUT2D eigenvalue weighted by Gasteiger charge is -2.23. The summed E-state index contributed by atoms with van der Waals surface area (Å²) in [6, 6.07) is 13.8. The van der Waals surface area contributed by atoms with E-state index in [1.165, 1.54) is 0 Å². The Hall–Kier alpha value is -3.19. The first-order valence-electron chi connectivity index (χ1n) is 10.1. The average Bonchev–Trinajstić information content (AvgIpc) is 3.25. The summed E-state index contributed by atoms with van der Waals surface area (Å²) in [6.07, 6.45) is 0.626. The van der Waals surface area contributed by atoms with E-state index in [-0.39, 0.29) is 24.8 Å². The number of fused-ring (bicyclic) bond motifs is 2. The minimum Gasteiger partial charge on any atom is -0.491 e. The fourth-order valence-electron chi connectivity index (χ4n) is 4.15. The van der Waals surface area contributed by atoms with E-state index in [0.717, 1.165) is 22.4 Å². The van der Waals surface area contributed by atoms with Crippen molar-refractivity contribution in [1.82, 2.24) is 10.2 Å². The molecule has 2 aliphatic rings. The van der Waals surface area contributed by atoms with E-state index in [2.05, 4.69) is 5.32 Å². The Balaban J connectivity index is 1.38. The molecule has 1 heterocycles. The van der Waals surface area contributed by atoms with Crippen LogP contribution < -0.4 is 10.1 Å². The minimum absolute atomic E-state index is 0.0440.